The van der Waals surface area contributed by atoms with Crippen molar-refractivity contribution in [1.82, 2.24) is 9.62 Å². The summed E-state index contributed by atoms with van der Waals surface area (Å²) in [7, 11) is -3.78. The molecular weight excluding hydrogens is 432 g/mol. The van der Waals surface area contributed by atoms with E-state index in [9.17, 15) is 13.2 Å². The van der Waals surface area contributed by atoms with Gasteiger partial charge in [0.25, 0.3) is 5.91 Å². The average molecular weight is 453 g/mol. The quantitative estimate of drug-likeness (QED) is 0.523. The molecule has 0 fully saturated rings. The Labute approximate surface area is 187 Å². The average Bonchev–Trinajstić information content (AvgIpc) is 2.78. The number of nitrogens with zero attached hydrogens (tertiary/aromatic N) is 1. The van der Waals surface area contributed by atoms with Gasteiger partial charge in [0, 0.05) is 23.7 Å². The molecule has 158 valence electrons. The van der Waals surface area contributed by atoms with E-state index < -0.39 is 10.0 Å². The highest BCUT2D eigenvalue weighted by molar-refractivity contribution is 7.89. The first-order chi connectivity index (χ1) is 14.9. The SMILES string of the molecule is C#CCNC(=O)c1ccc(CN(Cc2ccccc2)S(=O)(=O)c2ccc(Cl)cc2)cc1. The third-order valence-corrected chi connectivity index (χ3v) is 6.64. The fourth-order valence-corrected chi connectivity index (χ4v) is 4.51. The van der Waals surface area contributed by atoms with E-state index in [0.717, 1.165) is 11.1 Å². The number of carbonyl (C=O) groups is 1. The summed E-state index contributed by atoms with van der Waals surface area (Å²) < 4.78 is 28.1. The third-order valence-electron chi connectivity index (χ3n) is 4.58. The molecule has 1 N–H and O–H groups in total. The maximum atomic E-state index is 13.3. The molecule has 0 bridgehead atoms. The van der Waals surface area contributed by atoms with Gasteiger partial charge >= 0.3 is 0 Å². The van der Waals surface area contributed by atoms with Gasteiger partial charge in [0.05, 0.1) is 11.4 Å². The molecule has 1 amide bonds. The van der Waals surface area contributed by atoms with Crippen molar-refractivity contribution in [2.24, 2.45) is 0 Å². The van der Waals surface area contributed by atoms with Crippen molar-refractivity contribution in [3.8, 4) is 12.3 Å². The smallest absolute Gasteiger partial charge is 0.252 e. The van der Waals surface area contributed by atoms with Gasteiger partial charge in [-0.3, -0.25) is 4.79 Å². The highest BCUT2D eigenvalue weighted by Gasteiger charge is 2.25. The summed E-state index contributed by atoms with van der Waals surface area (Å²) >= 11 is 5.92. The van der Waals surface area contributed by atoms with Crippen LogP contribution in [-0.4, -0.2) is 25.2 Å². The number of nitrogens with one attached hydrogen (secondary N) is 1. The molecule has 5 nitrogen and oxygen atoms in total. The number of terminal acetylenes is 1. The molecule has 0 saturated heterocycles. The zero-order valence-electron chi connectivity index (χ0n) is 16.7. The summed E-state index contributed by atoms with van der Waals surface area (Å²) in [5.74, 6) is 2.07. The van der Waals surface area contributed by atoms with Gasteiger partial charge in [-0.25, -0.2) is 8.42 Å². The summed E-state index contributed by atoms with van der Waals surface area (Å²) in [5, 5.41) is 3.06. The molecule has 0 aromatic heterocycles. The van der Waals surface area contributed by atoms with Crippen molar-refractivity contribution in [1.29, 1.82) is 0 Å². The molecule has 3 aromatic rings. The van der Waals surface area contributed by atoms with E-state index in [-0.39, 0.29) is 30.4 Å². The van der Waals surface area contributed by atoms with Gasteiger partial charge in [-0.1, -0.05) is 60.0 Å². The first kappa shape index (κ1) is 22.6. The van der Waals surface area contributed by atoms with E-state index in [4.69, 9.17) is 18.0 Å². The molecule has 0 radical (unpaired) electrons. The van der Waals surface area contributed by atoms with E-state index in [1.807, 2.05) is 30.3 Å². The monoisotopic (exact) mass is 452 g/mol. The van der Waals surface area contributed by atoms with Crippen molar-refractivity contribution in [2.75, 3.05) is 6.54 Å². The van der Waals surface area contributed by atoms with Crippen LogP contribution in [0.2, 0.25) is 5.02 Å². The van der Waals surface area contributed by atoms with Crippen LogP contribution in [0.4, 0.5) is 0 Å². The van der Waals surface area contributed by atoms with Gasteiger partial charge in [0.15, 0.2) is 0 Å². The second-order valence-corrected chi connectivity index (χ2v) is 9.17. The van der Waals surface area contributed by atoms with E-state index in [1.54, 1.807) is 36.4 Å². The summed E-state index contributed by atoms with van der Waals surface area (Å²) in [4.78, 5) is 12.2. The minimum atomic E-state index is -3.78. The van der Waals surface area contributed by atoms with Crippen LogP contribution >= 0.6 is 11.6 Å². The molecule has 31 heavy (non-hydrogen) atoms. The highest BCUT2D eigenvalue weighted by Crippen LogP contribution is 2.23. The van der Waals surface area contributed by atoms with Crippen LogP contribution in [0.1, 0.15) is 21.5 Å². The van der Waals surface area contributed by atoms with Crippen molar-refractivity contribution in [3.05, 3.63) is 101 Å². The standard InChI is InChI=1S/C24H21ClN2O3S/c1-2-16-26-24(28)21-10-8-20(9-11-21)18-27(17-19-6-4-3-5-7-19)31(29,30)23-14-12-22(25)13-15-23/h1,3-15H,16-18H2,(H,26,28). The Kier molecular flexibility index (Phi) is 7.48. The first-order valence-corrected chi connectivity index (χ1v) is 11.3. The maximum Gasteiger partial charge on any atom is 0.252 e. The molecular formula is C24H21ClN2O3S. The summed E-state index contributed by atoms with van der Waals surface area (Å²) in [6.07, 6.45) is 5.16. The number of amides is 1. The lowest BCUT2D eigenvalue weighted by Gasteiger charge is -2.23. The van der Waals surface area contributed by atoms with Crippen molar-refractivity contribution in [3.63, 3.8) is 0 Å². The summed E-state index contributed by atoms with van der Waals surface area (Å²) in [5.41, 5.74) is 2.07. The van der Waals surface area contributed by atoms with E-state index in [0.29, 0.717) is 10.6 Å². The minimum absolute atomic E-state index is 0.144. The van der Waals surface area contributed by atoms with Crippen LogP contribution in [0.15, 0.2) is 83.8 Å². The molecule has 0 aliphatic carbocycles. The molecule has 7 heteroatoms. The van der Waals surface area contributed by atoms with Crippen molar-refractivity contribution < 1.29 is 13.2 Å². The van der Waals surface area contributed by atoms with Gasteiger partial charge in [-0.15, -0.1) is 6.42 Å². The van der Waals surface area contributed by atoms with Crippen LogP contribution in [0.25, 0.3) is 0 Å². The second-order valence-electron chi connectivity index (χ2n) is 6.80. The lowest BCUT2D eigenvalue weighted by atomic mass is 10.1. The first-order valence-electron chi connectivity index (χ1n) is 9.50. The highest BCUT2D eigenvalue weighted by atomic mass is 35.5. The Bertz CT molecular complexity index is 1170. The molecule has 3 rings (SSSR count). The number of sulfonamides is 1. The van der Waals surface area contributed by atoms with Gasteiger partial charge in [0.1, 0.15) is 0 Å². The molecule has 3 aromatic carbocycles. The van der Waals surface area contributed by atoms with E-state index >= 15 is 0 Å². The number of hydrogen-bond acceptors (Lipinski definition) is 3. The maximum absolute atomic E-state index is 13.3. The van der Waals surface area contributed by atoms with E-state index in [1.165, 1.54) is 16.4 Å². The molecule has 0 aliphatic heterocycles. The molecule has 0 unspecified atom stereocenters. The van der Waals surface area contributed by atoms with Crippen molar-refractivity contribution in [2.45, 2.75) is 18.0 Å². The van der Waals surface area contributed by atoms with Gasteiger partial charge in [-0.05, 0) is 47.5 Å². The predicted octanol–water partition coefficient (Wildman–Crippen LogP) is 4.09. The summed E-state index contributed by atoms with van der Waals surface area (Å²) in [6.45, 7) is 0.493. The number of halogens is 1. The Morgan fingerprint density at radius 3 is 2.06 bits per heavy atom. The Hall–Kier alpha value is -3.11. The molecule has 0 atom stereocenters. The molecule has 0 heterocycles. The zero-order chi connectivity index (χ0) is 22.3. The number of hydrogen-bond donors (Lipinski definition) is 1. The Morgan fingerprint density at radius 1 is 0.903 bits per heavy atom. The lowest BCUT2D eigenvalue weighted by Crippen LogP contribution is -2.30. The topological polar surface area (TPSA) is 66.5 Å². The van der Waals surface area contributed by atoms with E-state index in [2.05, 4.69) is 11.2 Å². The largest absolute Gasteiger partial charge is 0.341 e. The van der Waals surface area contributed by atoms with Gasteiger partial charge in [0.2, 0.25) is 10.0 Å². The number of carbonyl (C=O) groups excluding carboxylic acids is 1. The minimum Gasteiger partial charge on any atom is -0.341 e. The van der Waals surface area contributed by atoms with Gasteiger partial charge in [-0.2, -0.15) is 4.31 Å². The van der Waals surface area contributed by atoms with Crippen molar-refractivity contribution >= 4 is 27.5 Å². The van der Waals surface area contributed by atoms with Crippen LogP contribution in [-0.2, 0) is 23.1 Å². The molecule has 0 aliphatic rings. The number of rotatable bonds is 8. The second kappa shape index (κ2) is 10.3. The zero-order valence-corrected chi connectivity index (χ0v) is 18.2. The molecule has 0 saturated carbocycles. The number of benzene rings is 3. The van der Waals surface area contributed by atoms with Crippen LogP contribution < -0.4 is 5.32 Å². The van der Waals surface area contributed by atoms with Crippen LogP contribution in [0.3, 0.4) is 0 Å². The fourth-order valence-electron chi connectivity index (χ4n) is 2.97. The predicted molar refractivity (Wildman–Crippen MR) is 122 cm³/mol. The normalized spacial score (nSPS) is 11.1. The van der Waals surface area contributed by atoms with Crippen LogP contribution in [0, 0.1) is 12.3 Å². The Morgan fingerprint density at radius 2 is 1.48 bits per heavy atom. The molecule has 0 spiro atoms. The lowest BCUT2D eigenvalue weighted by molar-refractivity contribution is 0.0958. The van der Waals surface area contributed by atoms with Gasteiger partial charge < -0.3 is 5.32 Å². The fraction of sp³-hybridized carbons (Fsp3) is 0.125. The Balaban J connectivity index is 1.87. The third kappa shape index (κ3) is 5.96. The van der Waals surface area contributed by atoms with Crippen LogP contribution in [0.5, 0.6) is 0 Å². The summed E-state index contributed by atoms with van der Waals surface area (Å²) in [6, 6.07) is 22.2.